The molecule has 4 heteroatoms. The molecule has 1 fully saturated rings. The van der Waals surface area contributed by atoms with E-state index >= 15 is 0 Å². The van der Waals surface area contributed by atoms with Gasteiger partial charge in [0.15, 0.2) is 0 Å². The van der Waals surface area contributed by atoms with Gasteiger partial charge in [0.1, 0.15) is 5.75 Å². The third-order valence-corrected chi connectivity index (χ3v) is 4.75. The van der Waals surface area contributed by atoms with Gasteiger partial charge in [-0.2, -0.15) is 0 Å². The Bertz CT molecular complexity index is 461. The summed E-state index contributed by atoms with van der Waals surface area (Å²) in [5, 5.41) is 0. The van der Waals surface area contributed by atoms with Gasteiger partial charge in [-0.05, 0) is 30.2 Å². The van der Waals surface area contributed by atoms with Gasteiger partial charge in [0.25, 0.3) is 0 Å². The number of rotatable bonds is 1. The van der Waals surface area contributed by atoms with E-state index in [1.165, 1.54) is 10.5 Å². The topological polar surface area (TPSA) is 29.5 Å². The Labute approximate surface area is 105 Å². The molecule has 17 heavy (non-hydrogen) atoms. The lowest BCUT2D eigenvalue weighted by Crippen LogP contribution is -2.32. The van der Waals surface area contributed by atoms with Crippen molar-refractivity contribution >= 4 is 17.7 Å². The van der Waals surface area contributed by atoms with Gasteiger partial charge in [-0.1, -0.05) is 0 Å². The number of methoxy groups -OCH3 is 1. The highest BCUT2D eigenvalue weighted by Gasteiger charge is 2.33. The van der Waals surface area contributed by atoms with E-state index < -0.39 is 0 Å². The van der Waals surface area contributed by atoms with Crippen molar-refractivity contribution in [1.82, 2.24) is 4.90 Å². The van der Waals surface area contributed by atoms with Gasteiger partial charge in [-0.3, -0.25) is 4.79 Å². The molecule has 1 aromatic rings. The van der Waals surface area contributed by atoms with Crippen molar-refractivity contribution in [3.8, 4) is 5.75 Å². The van der Waals surface area contributed by atoms with Crippen LogP contribution in [0.25, 0.3) is 0 Å². The number of benzene rings is 1. The summed E-state index contributed by atoms with van der Waals surface area (Å²) < 4.78 is 5.25. The summed E-state index contributed by atoms with van der Waals surface area (Å²) in [7, 11) is 1.68. The third kappa shape index (κ3) is 1.90. The average molecular weight is 249 g/mol. The zero-order chi connectivity index (χ0) is 11.8. The molecule has 1 amide bonds. The normalized spacial score (nSPS) is 23.0. The average Bonchev–Trinajstić information content (AvgIpc) is 2.61. The Hall–Kier alpha value is -1.16. The monoisotopic (exact) mass is 249 g/mol. The Kier molecular flexibility index (Phi) is 2.74. The SMILES string of the molecule is COc1ccc2c(c1)CN1C(=O)CCC1CS2. The second-order valence-corrected chi connectivity index (χ2v) is 5.56. The minimum atomic E-state index is 0.297. The molecule has 0 bridgehead atoms. The van der Waals surface area contributed by atoms with E-state index in [9.17, 15) is 4.79 Å². The van der Waals surface area contributed by atoms with Gasteiger partial charge < -0.3 is 9.64 Å². The van der Waals surface area contributed by atoms with Crippen LogP contribution in [0.15, 0.2) is 23.1 Å². The first-order valence-electron chi connectivity index (χ1n) is 5.87. The first-order chi connectivity index (χ1) is 8.28. The Balaban J connectivity index is 1.95. The summed E-state index contributed by atoms with van der Waals surface area (Å²) in [5.74, 6) is 2.19. The minimum Gasteiger partial charge on any atom is -0.497 e. The molecule has 2 aliphatic heterocycles. The lowest BCUT2D eigenvalue weighted by atomic mass is 10.2. The molecule has 2 aliphatic rings. The standard InChI is InChI=1S/C13H15NO2S/c1-16-11-3-4-12-9(6-11)7-14-10(8-17-12)2-5-13(14)15/h3-4,6,10H,2,5,7-8H2,1H3. The van der Waals surface area contributed by atoms with Crippen LogP contribution in [-0.2, 0) is 11.3 Å². The summed E-state index contributed by atoms with van der Waals surface area (Å²) in [5.41, 5.74) is 1.21. The maximum atomic E-state index is 11.8. The number of thioether (sulfide) groups is 1. The number of ether oxygens (including phenoxy) is 1. The maximum Gasteiger partial charge on any atom is 0.223 e. The molecule has 90 valence electrons. The van der Waals surface area contributed by atoms with Crippen LogP contribution < -0.4 is 4.74 Å². The van der Waals surface area contributed by atoms with Crippen LogP contribution in [0.2, 0.25) is 0 Å². The quantitative estimate of drug-likeness (QED) is 0.765. The Morgan fingerprint density at radius 3 is 3.18 bits per heavy atom. The zero-order valence-corrected chi connectivity index (χ0v) is 10.6. The third-order valence-electron chi connectivity index (χ3n) is 3.49. The van der Waals surface area contributed by atoms with Crippen molar-refractivity contribution < 1.29 is 9.53 Å². The number of hydrogen-bond donors (Lipinski definition) is 0. The van der Waals surface area contributed by atoms with Crippen LogP contribution >= 0.6 is 11.8 Å². The van der Waals surface area contributed by atoms with Crippen LogP contribution in [0, 0.1) is 0 Å². The first kappa shape index (κ1) is 11.0. The molecule has 0 spiro atoms. The van der Waals surface area contributed by atoms with Crippen LogP contribution in [0.5, 0.6) is 5.75 Å². The van der Waals surface area contributed by atoms with Crippen molar-refractivity contribution in [3.05, 3.63) is 23.8 Å². The molecule has 1 saturated heterocycles. The van der Waals surface area contributed by atoms with E-state index in [4.69, 9.17) is 4.74 Å². The summed E-state index contributed by atoms with van der Waals surface area (Å²) >= 11 is 1.86. The van der Waals surface area contributed by atoms with Gasteiger partial charge in [0, 0.05) is 29.7 Å². The van der Waals surface area contributed by atoms with Crippen molar-refractivity contribution in [2.45, 2.75) is 30.3 Å². The Morgan fingerprint density at radius 1 is 1.47 bits per heavy atom. The number of carbonyl (C=O) groups is 1. The number of amides is 1. The van der Waals surface area contributed by atoms with Gasteiger partial charge in [0.05, 0.1) is 7.11 Å². The molecule has 0 radical (unpaired) electrons. The molecule has 3 nitrogen and oxygen atoms in total. The molecule has 1 atom stereocenters. The molecule has 0 saturated carbocycles. The molecule has 0 aromatic heterocycles. The zero-order valence-electron chi connectivity index (χ0n) is 9.81. The molecule has 1 aromatic carbocycles. The predicted molar refractivity (Wildman–Crippen MR) is 67.3 cm³/mol. The highest BCUT2D eigenvalue weighted by atomic mass is 32.2. The lowest BCUT2D eigenvalue weighted by Gasteiger charge is -2.21. The van der Waals surface area contributed by atoms with Crippen molar-refractivity contribution in [3.63, 3.8) is 0 Å². The van der Waals surface area contributed by atoms with Crippen LogP contribution in [0.3, 0.4) is 0 Å². The molecule has 1 unspecified atom stereocenters. The van der Waals surface area contributed by atoms with Gasteiger partial charge in [-0.15, -0.1) is 11.8 Å². The largest absolute Gasteiger partial charge is 0.497 e. The van der Waals surface area contributed by atoms with E-state index in [-0.39, 0.29) is 0 Å². The Morgan fingerprint density at radius 2 is 2.35 bits per heavy atom. The summed E-state index contributed by atoms with van der Waals surface area (Å²) in [6.45, 7) is 0.739. The minimum absolute atomic E-state index is 0.297. The maximum absolute atomic E-state index is 11.8. The lowest BCUT2D eigenvalue weighted by molar-refractivity contribution is -0.129. The van der Waals surface area contributed by atoms with Crippen molar-refractivity contribution in [2.75, 3.05) is 12.9 Å². The number of fused-ring (bicyclic) bond motifs is 2. The van der Waals surface area contributed by atoms with Gasteiger partial charge in [0.2, 0.25) is 5.91 Å². The molecule has 0 N–H and O–H groups in total. The van der Waals surface area contributed by atoms with E-state index in [1.807, 2.05) is 22.7 Å². The van der Waals surface area contributed by atoms with E-state index in [1.54, 1.807) is 7.11 Å². The number of nitrogens with zero attached hydrogens (tertiary/aromatic N) is 1. The smallest absolute Gasteiger partial charge is 0.223 e. The van der Waals surface area contributed by atoms with Crippen molar-refractivity contribution in [2.24, 2.45) is 0 Å². The van der Waals surface area contributed by atoms with Gasteiger partial charge >= 0.3 is 0 Å². The molecule has 2 heterocycles. The predicted octanol–water partition coefficient (Wildman–Crippen LogP) is 2.29. The first-order valence-corrected chi connectivity index (χ1v) is 6.85. The van der Waals surface area contributed by atoms with Gasteiger partial charge in [-0.25, -0.2) is 0 Å². The highest BCUT2D eigenvalue weighted by Crippen LogP contribution is 2.36. The second-order valence-electron chi connectivity index (χ2n) is 4.50. The highest BCUT2D eigenvalue weighted by molar-refractivity contribution is 7.99. The summed E-state index contributed by atoms with van der Waals surface area (Å²) in [6.07, 6.45) is 1.72. The molecule has 3 rings (SSSR count). The molecular weight excluding hydrogens is 234 g/mol. The fourth-order valence-corrected chi connectivity index (χ4v) is 3.69. The summed E-state index contributed by atoms with van der Waals surface area (Å²) in [4.78, 5) is 15.1. The van der Waals surface area contributed by atoms with Crippen LogP contribution in [-0.4, -0.2) is 29.7 Å². The summed E-state index contributed by atoms with van der Waals surface area (Å²) in [6, 6.07) is 6.57. The van der Waals surface area contributed by atoms with Crippen molar-refractivity contribution in [1.29, 1.82) is 0 Å². The molecule has 0 aliphatic carbocycles. The van der Waals surface area contributed by atoms with Crippen LogP contribution in [0.1, 0.15) is 18.4 Å². The fourth-order valence-electron chi connectivity index (χ4n) is 2.50. The fraction of sp³-hybridized carbons (Fsp3) is 0.462. The number of carbonyl (C=O) groups excluding carboxylic acids is 1. The van der Waals surface area contributed by atoms with E-state index in [0.29, 0.717) is 18.4 Å². The number of hydrogen-bond acceptors (Lipinski definition) is 3. The second kappa shape index (κ2) is 4.26. The molecular formula is C13H15NO2S. The van der Waals surface area contributed by atoms with E-state index in [2.05, 4.69) is 12.1 Å². The van der Waals surface area contributed by atoms with E-state index in [0.717, 1.165) is 24.5 Å². The van der Waals surface area contributed by atoms with Crippen LogP contribution in [0.4, 0.5) is 0 Å².